The van der Waals surface area contributed by atoms with Gasteiger partial charge in [0.2, 0.25) is 0 Å². The van der Waals surface area contributed by atoms with Crippen molar-refractivity contribution in [2.24, 2.45) is 0 Å². The molecule has 0 aromatic carbocycles. The Morgan fingerprint density at radius 3 is 2.88 bits per heavy atom. The van der Waals surface area contributed by atoms with E-state index in [-0.39, 0.29) is 0 Å². The van der Waals surface area contributed by atoms with E-state index in [0.29, 0.717) is 17.0 Å². The number of ether oxygens (including phenoxy) is 1. The summed E-state index contributed by atoms with van der Waals surface area (Å²) in [6.45, 7) is 0. The number of halogens is 1. The number of hydrogen-bond donors (Lipinski definition) is 0. The number of fused-ring (bicyclic) bond motifs is 1. The second kappa shape index (κ2) is 1.71. The third-order valence-electron chi connectivity index (χ3n) is 1.95. The van der Waals surface area contributed by atoms with E-state index in [1.54, 1.807) is 0 Å². The highest BCUT2D eigenvalue weighted by Gasteiger charge is 2.45. The van der Waals surface area contributed by atoms with Crippen molar-refractivity contribution in [1.29, 1.82) is 0 Å². The Kier molecular flexibility index (Phi) is 1.12. The number of hydrogen-bond acceptors (Lipinski definition) is 1. The molecular formula is C6H9BrO. The summed E-state index contributed by atoms with van der Waals surface area (Å²) in [5, 5.41) is 0. The van der Waals surface area contributed by atoms with Gasteiger partial charge in [-0.1, -0.05) is 15.9 Å². The van der Waals surface area contributed by atoms with E-state index in [9.17, 15) is 0 Å². The Balaban J connectivity index is 1.99. The Labute approximate surface area is 57.5 Å². The summed E-state index contributed by atoms with van der Waals surface area (Å²) >= 11 is 3.57. The lowest BCUT2D eigenvalue weighted by Gasteiger charge is -2.09. The SMILES string of the molecule is Br[C@@H]1CCC[C@@H]2O[C@H]12. The van der Waals surface area contributed by atoms with Gasteiger partial charge in [-0.25, -0.2) is 0 Å². The maximum atomic E-state index is 5.34. The minimum absolute atomic E-state index is 0.587. The number of alkyl halides is 1. The van der Waals surface area contributed by atoms with E-state index in [2.05, 4.69) is 15.9 Å². The third kappa shape index (κ3) is 0.705. The first-order valence-electron chi connectivity index (χ1n) is 3.17. The van der Waals surface area contributed by atoms with Crippen LogP contribution in [-0.4, -0.2) is 17.0 Å². The molecule has 0 spiro atoms. The van der Waals surface area contributed by atoms with Gasteiger partial charge in [-0.2, -0.15) is 0 Å². The minimum atomic E-state index is 0.587. The zero-order valence-electron chi connectivity index (χ0n) is 4.64. The van der Waals surface area contributed by atoms with Crippen LogP contribution in [0.3, 0.4) is 0 Å². The lowest BCUT2D eigenvalue weighted by molar-refractivity contribution is 0.376. The van der Waals surface area contributed by atoms with Gasteiger partial charge in [-0.3, -0.25) is 0 Å². The molecule has 0 N–H and O–H groups in total. The molecule has 2 fully saturated rings. The van der Waals surface area contributed by atoms with Crippen LogP contribution in [-0.2, 0) is 4.74 Å². The van der Waals surface area contributed by atoms with Gasteiger partial charge in [-0.15, -0.1) is 0 Å². The van der Waals surface area contributed by atoms with Crippen LogP contribution in [0.4, 0.5) is 0 Å². The third-order valence-corrected chi connectivity index (χ3v) is 2.93. The number of rotatable bonds is 0. The Morgan fingerprint density at radius 1 is 1.38 bits per heavy atom. The zero-order valence-corrected chi connectivity index (χ0v) is 6.23. The van der Waals surface area contributed by atoms with E-state index in [1.807, 2.05) is 0 Å². The molecule has 0 amide bonds. The summed E-state index contributed by atoms with van der Waals surface area (Å²) in [7, 11) is 0. The maximum Gasteiger partial charge on any atom is 0.0966 e. The van der Waals surface area contributed by atoms with Crippen molar-refractivity contribution in [1.82, 2.24) is 0 Å². The molecule has 46 valence electrons. The van der Waals surface area contributed by atoms with Crippen molar-refractivity contribution in [3.63, 3.8) is 0 Å². The van der Waals surface area contributed by atoms with Gasteiger partial charge in [0.25, 0.3) is 0 Å². The van der Waals surface area contributed by atoms with Crippen LogP contribution >= 0.6 is 15.9 Å². The van der Waals surface area contributed by atoms with E-state index in [1.165, 1.54) is 19.3 Å². The number of epoxide rings is 1. The van der Waals surface area contributed by atoms with Crippen molar-refractivity contribution < 1.29 is 4.74 Å². The fourth-order valence-corrected chi connectivity index (χ4v) is 2.17. The molecule has 2 rings (SSSR count). The minimum Gasteiger partial charge on any atom is -0.368 e. The molecule has 1 heterocycles. The highest BCUT2D eigenvalue weighted by atomic mass is 79.9. The first-order valence-corrected chi connectivity index (χ1v) is 4.09. The van der Waals surface area contributed by atoms with Crippen molar-refractivity contribution in [3.8, 4) is 0 Å². The summed E-state index contributed by atoms with van der Waals surface area (Å²) in [6, 6.07) is 0. The summed E-state index contributed by atoms with van der Waals surface area (Å²) in [4.78, 5) is 0.668. The lowest BCUT2D eigenvalue weighted by atomic mass is 10.0. The fraction of sp³-hybridized carbons (Fsp3) is 1.00. The van der Waals surface area contributed by atoms with Gasteiger partial charge in [0, 0.05) is 4.83 Å². The van der Waals surface area contributed by atoms with Gasteiger partial charge in [0.15, 0.2) is 0 Å². The molecule has 0 bridgehead atoms. The summed E-state index contributed by atoms with van der Waals surface area (Å²) < 4.78 is 5.34. The van der Waals surface area contributed by atoms with Gasteiger partial charge >= 0.3 is 0 Å². The molecule has 1 aliphatic heterocycles. The topological polar surface area (TPSA) is 12.5 Å². The normalized spacial score (nSPS) is 52.9. The smallest absolute Gasteiger partial charge is 0.0966 e. The highest BCUT2D eigenvalue weighted by Crippen LogP contribution is 2.39. The Hall–Kier alpha value is 0.440. The molecule has 3 atom stereocenters. The molecule has 2 aliphatic rings. The molecule has 1 saturated heterocycles. The molecule has 8 heavy (non-hydrogen) atoms. The monoisotopic (exact) mass is 176 g/mol. The molecule has 0 aromatic rings. The van der Waals surface area contributed by atoms with Gasteiger partial charge in [0.05, 0.1) is 12.2 Å². The maximum absolute atomic E-state index is 5.34. The fourth-order valence-electron chi connectivity index (χ4n) is 1.39. The summed E-state index contributed by atoms with van der Waals surface area (Å²) in [5.41, 5.74) is 0. The predicted molar refractivity (Wildman–Crippen MR) is 35.2 cm³/mol. The molecule has 0 unspecified atom stereocenters. The van der Waals surface area contributed by atoms with Gasteiger partial charge in [-0.05, 0) is 19.3 Å². The standard InChI is InChI=1S/C6H9BrO/c7-4-2-1-3-5-6(4)8-5/h4-6H,1-3H2/t4-,5+,6-/m1/s1. The first kappa shape index (κ1) is 5.24. The van der Waals surface area contributed by atoms with Crippen LogP contribution in [0.1, 0.15) is 19.3 Å². The van der Waals surface area contributed by atoms with Crippen LogP contribution in [0, 0.1) is 0 Å². The van der Waals surface area contributed by atoms with Crippen LogP contribution < -0.4 is 0 Å². The zero-order chi connectivity index (χ0) is 5.56. The van der Waals surface area contributed by atoms with Crippen molar-refractivity contribution in [3.05, 3.63) is 0 Å². The second-order valence-corrected chi connectivity index (χ2v) is 3.76. The van der Waals surface area contributed by atoms with Crippen molar-refractivity contribution in [2.45, 2.75) is 36.3 Å². The second-order valence-electron chi connectivity index (χ2n) is 2.59. The van der Waals surface area contributed by atoms with Crippen LogP contribution in [0.5, 0.6) is 0 Å². The average molecular weight is 177 g/mol. The van der Waals surface area contributed by atoms with Crippen LogP contribution in [0.25, 0.3) is 0 Å². The molecule has 1 nitrogen and oxygen atoms in total. The highest BCUT2D eigenvalue weighted by molar-refractivity contribution is 9.09. The Morgan fingerprint density at radius 2 is 2.25 bits per heavy atom. The summed E-state index contributed by atoms with van der Waals surface area (Å²) in [5.74, 6) is 0. The van der Waals surface area contributed by atoms with E-state index in [4.69, 9.17) is 4.74 Å². The lowest BCUT2D eigenvalue weighted by Crippen LogP contribution is -2.14. The van der Waals surface area contributed by atoms with Crippen LogP contribution in [0.15, 0.2) is 0 Å². The van der Waals surface area contributed by atoms with E-state index < -0.39 is 0 Å². The van der Waals surface area contributed by atoms with Crippen molar-refractivity contribution in [2.75, 3.05) is 0 Å². The summed E-state index contributed by atoms with van der Waals surface area (Å²) in [6.07, 6.45) is 5.17. The average Bonchev–Trinajstić information content (AvgIpc) is 2.45. The van der Waals surface area contributed by atoms with Crippen molar-refractivity contribution >= 4 is 15.9 Å². The van der Waals surface area contributed by atoms with E-state index >= 15 is 0 Å². The van der Waals surface area contributed by atoms with Crippen LogP contribution in [0.2, 0.25) is 0 Å². The molecule has 1 aliphatic carbocycles. The molecule has 2 heteroatoms. The van der Waals surface area contributed by atoms with E-state index in [0.717, 1.165) is 0 Å². The van der Waals surface area contributed by atoms with Gasteiger partial charge in [0.1, 0.15) is 0 Å². The molecular weight excluding hydrogens is 168 g/mol. The largest absolute Gasteiger partial charge is 0.368 e. The predicted octanol–water partition coefficient (Wildman–Crippen LogP) is 1.70. The molecule has 0 aromatic heterocycles. The molecule has 1 saturated carbocycles. The first-order chi connectivity index (χ1) is 3.88. The quantitative estimate of drug-likeness (QED) is 0.405. The Bertz CT molecular complexity index is 105. The molecule has 0 radical (unpaired) electrons. The van der Waals surface area contributed by atoms with Gasteiger partial charge < -0.3 is 4.74 Å².